The summed E-state index contributed by atoms with van der Waals surface area (Å²) in [7, 11) is 0. The third-order valence-corrected chi connectivity index (χ3v) is 3.71. The zero-order valence-electron chi connectivity index (χ0n) is 10.2. The topological polar surface area (TPSA) is 46.0 Å². The van der Waals surface area contributed by atoms with Crippen LogP contribution in [0.2, 0.25) is 0 Å². The Morgan fingerprint density at radius 3 is 2.80 bits per heavy atom. The molecular weight excluding hydrogens is 295 g/mol. The predicted octanol–water partition coefficient (Wildman–Crippen LogP) is 3.69. The van der Waals surface area contributed by atoms with Crippen LogP contribution in [0.3, 0.4) is 0 Å². The summed E-state index contributed by atoms with van der Waals surface area (Å²) in [6, 6.07) is 9.94. The number of hydrogen-bond donors (Lipinski definition) is 1. The summed E-state index contributed by atoms with van der Waals surface area (Å²) in [5, 5.41) is 13.1. The van der Waals surface area contributed by atoms with Gasteiger partial charge < -0.3 is 0 Å². The molecule has 4 nitrogen and oxygen atoms in total. The van der Waals surface area contributed by atoms with Gasteiger partial charge in [-0.05, 0) is 41.4 Å². The van der Waals surface area contributed by atoms with E-state index < -0.39 is 0 Å². The van der Waals surface area contributed by atoms with Crippen LogP contribution in [0, 0.1) is 10.6 Å². The van der Waals surface area contributed by atoms with Crippen molar-refractivity contribution in [3.63, 3.8) is 0 Å². The Morgan fingerprint density at radius 1 is 1.30 bits per heavy atom. The third-order valence-electron chi connectivity index (χ3n) is 2.58. The minimum atomic E-state index is -0.277. The van der Waals surface area contributed by atoms with Gasteiger partial charge in [0.25, 0.3) is 0 Å². The van der Waals surface area contributed by atoms with E-state index in [1.165, 1.54) is 12.1 Å². The normalized spacial score (nSPS) is 11.2. The highest BCUT2D eigenvalue weighted by Crippen LogP contribution is 2.22. The second kappa shape index (κ2) is 5.48. The highest BCUT2D eigenvalue weighted by atomic mass is 32.1. The van der Waals surface area contributed by atoms with Crippen LogP contribution in [0.1, 0.15) is 5.56 Å². The maximum Gasteiger partial charge on any atom is 0.216 e. The summed E-state index contributed by atoms with van der Waals surface area (Å²) >= 11 is 6.71. The molecule has 0 saturated carbocycles. The van der Waals surface area contributed by atoms with Crippen molar-refractivity contribution in [3.8, 4) is 10.7 Å². The second-order valence-electron chi connectivity index (χ2n) is 3.94. The molecule has 2 aromatic heterocycles. The molecule has 20 heavy (non-hydrogen) atoms. The molecule has 0 aliphatic heterocycles. The molecule has 3 rings (SSSR count). The lowest BCUT2D eigenvalue weighted by atomic mass is 10.2. The summed E-state index contributed by atoms with van der Waals surface area (Å²) in [4.78, 5) is 0.966. The van der Waals surface area contributed by atoms with Crippen molar-refractivity contribution in [1.82, 2.24) is 14.9 Å². The Hall–Kier alpha value is -2.12. The molecular formula is C13H9FN4S2. The van der Waals surface area contributed by atoms with Crippen molar-refractivity contribution in [2.75, 3.05) is 0 Å². The number of rotatable bonds is 3. The first kappa shape index (κ1) is 12.9. The van der Waals surface area contributed by atoms with Crippen molar-refractivity contribution in [2.45, 2.75) is 0 Å². The Bertz CT molecular complexity index is 785. The van der Waals surface area contributed by atoms with E-state index in [0.29, 0.717) is 10.6 Å². The average Bonchev–Trinajstić information content (AvgIpc) is 3.08. The lowest BCUT2D eigenvalue weighted by Gasteiger charge is -1.97. The van der Waals surface area contributed by atoms with E-state index in [1.807, 2.05) is 17.5 Å². The van der Waals surface area contributed by atoms with E-state index >= 15 is 0 Å². The molecule has 0 saturated heterocycles. The molecule has 1 aromatic carbocycles. The summed E-state index contributed by atoms with van der Waals surface area (Å²) in [5.41, 5.74) is 0.784. The van der Waals surface area contributed by atoms with Crippen molar-refractivity contribution >= 4 is 29.8 Å². The Labute approximate surface area is 123 Å². The van der Waals surface area contributed by atoms with E-state index in [0.717, 1.165) is 10.4 Å². The monoisotopic (exact) mass is 304 g/mol. The van der Waals surface area contributed by atoms with Crippen LogP contribution in [0.4, 0.5) is 4.39 Å². The predicted molar refractivity (Wildman–Crippen MR) is 80.1 cm³/mol. The number of benzene rings is 1. The van der Waals surface area contributed by atoms with Gasteiger partial charge in [-0.2, -0.15) is 14.9 Å². The molecule has 0 aliphatic rings. The molecule has 100 valence electrons. The lowest BCUT2D eigenvalue weighted by molar-refractivity contribution is 0.628. The van der Waals surface area contributed by atoms with E-state index in [2.05, 4.69) is 15.3 Å². The van der Waals surface area contributed by atoms with Crippen molar-refractivity contribution < 1.29 is 4.39 Å². The van der Waals surface area contributed by atoms with Gasteiger partial charge in [-0.3, -0.25) is 0 Å². The quantitative estimate of drug-likeness (QED) is 0.592. The average molecular weight is 304 g/mol. The zero-order chi connectivity index (χ0) is 13.9. The van der Waals surface area contributed by atoms with Crippen molar-refractivity contribution in [1.29, 1.82) is 0 Å². The number of nitrogens with one attached hydrogen (secondary N) is 1. The molecule has 0 radical (unpaired) electrons. The molecule has 0 amide bonds. The minimum absolute atomic E-state index is 0.277. The van der Waals surface area contributed by atoms with Crippen molar-refractivity contribution in [2.24, 2.45) is 5.10 Å². The largest absolute Gasteiger partial charge is 0.250 e. The molecule has 7 heteroatoms. The molecule has 3 aromatic rings. The maximum absolute atomic E-state index is 12.8. The van der Waals surface area contributed by atoms with Crippen LogP contribution in [0.25, 0.3) is 10.7 Å². The number of nitrogens with zero attached hydrogens (tertiary/aromatic N) is 3. The van der Waals surface area contributed by atoms with Crippen LogP contribution in [0.15, 0.2) is 46.9 Å². The fourth-order valence-corrected chi connectivity index (χ4v) is 2.51. The van der Waals surface area contributed by atoms with E-state index in [4.69, 9.17) is 12.2 Å². The number of aromatic nitrogens is 3. The number of halogens is 1. The number of aromatic amines is 1. The summed E-state index contributed by atoms with van der Waals surface area (Å²) in [6.45, 7) is 0. The van der Waals surface area contributed by atoms with E-state index in [9.17, 15) is 4.39 Å². The summed E-state index contributed by atoms with van der Waals surface area (Å²) < 4.78 is 14.8. The van der Waals surface area contributed by atoms with Gasteiger partial charge in [0.2, 0.25) is 4.77 Å². The number of hydrogen-bond acceptors (Lipinski definition) is 4. The SMILES string of the molecule is Fc1ccc(C=Nn2c(-c3cccs3)n[nH]c2=S)cc1. The van der Waals surface area contributed by atoms with Gasteiger partial charge in [0, 0.05) is 0 Å². The minimum Gasteiger partial charge on any atom is -0.250 e. The highest BCUT2D eigenvalue weighted by molar-refractivity contribution is 7.71. The Morgan fingerprint density at radius 2 is 2.10 bits per heavy atom. The first-order valence-corrected chi connectivity index (χ1v) is 7.04. The van der Waals surface area contributed by atoms with Crippen LogP contribution in [-0.4, -0.2) is 21.1 Å². The standard InChI is InChI=1S/C13H9FN4S2/c14-10-5-3-9(4-6-10)8-15-18-12(16-17-13(18)19)11-2-1-7-20-11/h1-8H,(H,17,19). The van der Waals surface area contributed by atoms with E-state index in [-0.39, 0.29) is 5.82 Å². The van der Waals surface area contributed by atoms with Gasteiger partial charge in [0.1, 0.15) is 5.82 Å². The molecule has 0 bridgehead atoms. The van der Waals surface area contributed by atoms with Gasteiger partial charge in [-0.15, -0.1) is 11.3 Å². The van der Waals surface area contributed by atoms with Crippen LogP contribution >= 0.6 is 23.6 Å². The second-order valence-corrected chi connectivity index (χ2v) is 5.27. The van der Waals surface area contributed by atoms with Gasteiger partial charge in [0.05, 0.1) is 11.1 Å². The number of H-pyrrole nitrogens is 1. The van der Waals surface area contributed by atoms with Gasteiger partial charge in [-0.1, -0.05) is 18.2 Å². The molecule has 0 atom stereocenters. The smallest absolute Gasteiger partial charge is 0.216 e. The molecule has 0 fully saturated rings. The highest BCUT2D eigenvalue weighted by Gasteiger charge is 2.08. The summed E-state index contributed by atoms with van der Waals surface area (Å²) in [6.07, 6.45) is 1.61. The fourth-order valence-electron chi connectivity index (χ4n) is 1.64. The Balaban J connectivity index is 1.97. The zero-order valence-corrected chi connectivity index (χ0v) is 11.8. The van der Waals surface area contributed by atoms with Crippen LogP contribution < -0.4 is 0 Å². The van der Waals surface area contributed by atoms with Crippen LogP contribution in [0.5, 0.6) is 0 Å². The van der Waals surface area contributed by atoms with Crippen molar-refractivity contribution in [3.05, 3.63) is 57.9 Å². The van der Waals surface area contributed by atoms with Crippen LogP contribution in [-0.2, 0) is 0 Å². The molecule has 0 aliphatic carbocycles. The maximum atomic E-state index is 12.8. The molecule has 0 spiro atoms. The third kappa shape index (κ3) is 2.59. The first-order valence-electron chi connectivity index (χ1n) is 5.75. The molecule has 1 N–H and O–H groups in total. The molecule has 0 unspecified atom stereocenters. The molecule has 2 heterocycles. The number of thiophene rings is 1. The van der Waals surface area contributed by atoms with Gasteiger partial charge in [-0.25, -0.2) is 9.49 Å². The summed E-state index contributed by atoms with van der Waals surface area (Å²) in [5.74, 6) is 0.379. The van der Waals surface area contributed by atoms with Gasteiger partial charge in [0.15, 0.2) is 5.82 Å². The van der Waals surface area contributed by atoms with Gasteiger partial charge >= 0.3 is 0 Å². The lowest BCUT2D eigenvalue weighted by Crippen LogP contribution is -1.93. The van der Waals surface area contributed by atoms with E-state index in [1.54, 1.807) is 34.4 Å². The fraction of sp³-hybridized carbons (Fsp3) is 0. The first-order chi connectivity index (χ1) is 9.74. The Kier molecular flexibility index (Phi) is 3.53.